The molecule has 0 spiro atoms. The quantitative estimate of drug-likeness (QED) is 0.646. The Morgan fingerprint density at radius 2 is 1.86 bits per heavy atom. The Labute approximate surface area is 142 Å². The fourth-order valence-electron chi connectivity index (χ4n) is 7.02. The van der Waals surface area contributed by atoms with E-state index in [1.807, 2.05) is 0 Å². The Morgan fingerprint density at radius 1 is 1.09 bits per heavy atom. The molecule has 0 saturated heterocycles. The molecule has 0 aromatic heterocycles. The molecule has 4 saturated carbocycles. The summed E-state index contributed by atoms with van der Waals surface area (Å²) in [6.45, 7) is 4.74. The molecule has 0 amide bonds. The first-order valence-electron chi connectivity index (χ1n) is 9.23. The summed E-state index contributed by atoms with van der Waals surface area (Å²) in [7, 11) is 0. The van der Waals surface area contributed by atoms with E-state index >= 15 is 0 Å². The molecular weight excluding hydrogens is 340 g/mol. The van der Waals surface area contributed by atoms with Gasteiger partial charge < -0.3 is 5.11 Å². The monoisotopic (exact) mass is 368 g/mol. The highest BCUT2D eigenvalue weighted by Crippen LogP contribution is 2.66. The summed E-state index contributed by atoms with van der Waals surface area (Å²) in [6.07, 6.45) is 8.56. The van der Waals surface area contributed by atoms with Crippen molar-refractivity contribution >= 4 is 21.7 Å². The first-order chi connectivity index (χ1) is 10.4. The van der Waals surface area contributed by atoms with Crippen molar-refractivity contribution in [3.63, 3.8) is 0 Å². The highest BCUT2D eigenvalue weighted by atomic mass is 79.9. The zero-order chi connectivity index (χ0) is 15.7. The molecule has 4 aliphatic carbocycles. The van der Waals surface area contributed by atoms with Crippen LogP contribution in [0.3, 0.4) is 0 Å². The summed E-state index contributed by atoms with van der Waals surface area (Å²) in [5.41, 5.74) is 0.301. The molecule has 1 unspecified atom stereocenters. The van der Waals surface area contributed by atoms with Crippen LogP contribution in [0.5, 0.6) is 0 Å². The standard InChI is InChI=1S/C19H29BrO2/c1-18-8-7-15-13(14(18)5-6-17(18)22)4-3-11-9-12(21)10-16(20)19(11,15)2/h11-16,21H,3-10H2,1-2H3/t11-,12+,13-,14-,15-,16?,18-,19-/m0/s1. The molecular formula is C19H29BrO2. The van der Waals surface area contributed by atoms with E-state index in [0.29, 0.717) is 27.9 Å². The zero-order valence-corrected chi connectivity index (χ0v) is 15.4. The third-order valence-corrected chi connectivity index (χ3v) is 9.74. The van der Waals surface area contributed by atoms with Crippen LogP contribution in [-0.2, 0) is 4.79 Å². The van der Waals surface area contributed by atoms with E-state index in [1.54, 1.807) is 0 Å². The van der Waals surface area contributed by atoms with Crippen LogP contribution in [0.25, 0.3) is 0 Å². The van der Waals surface area contributed by atoms with E-state index < -0.39 is 0 Å². The minimum absolute atomic E-state index is 0.0135. The maximum Gasteiger partial charge on any atom is 0.139 e. The van der Waals surface area contributed by atoms with E-state index in [2.05, 4.69) is 29.8 Å². The van der Waals surface area contributed by atoms with Crippen molar-refractivity contribution in [2.45, 2.75) is 76.1 Å². The number of aliphatic hydroxyl groups excluding tert-OH is 1. The Bertz CT molecular complexity index is 492. The maximum absolute atomic E-state index is 12.4. The number of carbonyl (C=O) groups is 1. The van der Waals surface area contributed by atoms with Crippen LogP contribution in [0, 0.1) is 34.5 Å². The fourth-order valence-corrected chi connectivity index (χ4v) is 8.16. The van der Waals surface area contributed by atoms with Gasteiger partial charge in [-0.1, -0.05) is 29.8 Å². The highest BCUT2D eigenvalue weighted by molar-refractivity contribution is 9.09. The first kappa shape index (κ1) is 15.6. The molecule has 4 rings (SSSR count). The lowest BCUT2D eigenvalue weighted by molar-refractivity contribution is -0.140. The predicted molar refractivity (Wildman–Crippen MR) is 90.8 cm³/mol. The molecule has 0 aromatic carbocycles. The van der Waals surface area contributed by atoms with Gasteiger partial charge in [-0.05, 0) is 74.0 Å². The van der Waals surface area contributed by atoms with E-state index in [4.69, 9.17) is 0 Å². The summed E-state index contributed by atoms with van der Waals surface area (Å²) in [6, 6.07) is 0. The Kier molecular flexibility index (Phi) is 3.59. The lowest BCUT2D eigenvalue weighted by atomic mass is 9.45. The van der Waals surface area contributed by atoms with Crippen molar-refractivity contribution < 1.29 is 9.90 Å². The molecule has 3 heteroatoms. The number of fused-ring (bicyclic) bond motifs is 5. The number of hydrogen-bond acceptors (Lipinski definition) is 2. The van der Waals surface area contributed by atoms with Crippen LogP contribution in [0.1, 0.15) is 65.2 Å². The average molecular weight is 369 g/mol. The fraction of sp³-hybridized carbons (Fsp3) is 0.947. The second-order valence-electron chi connectivity index (χ2n) is 9.03. The summed E-state index contributed by atoms with van der Waals surface area (Å²) in [5.74, 6) is 3.30. The Balaban J connectivity index is 1.67. The van der Waals surface area contributed by atoms with Crippen LogP contribution < -0.4 is 0 Å². The highest BCUT2D eigenvalue weighted by Gasteiger charge is 2.61. The van der Waals surface area contributed by atoms with Gasteiger partial charge in [0.1, 0.15) is 5.78 Å². The second-order valence-corrected chi connectivity index (χ2v) is 10.1. The van der Waals surface area contributed by atoms with Crippen LogP contribution in [0.4, 0.5) is 0 Å². The molecule has 1 N–H and O–H groups in total. The van der Waals surface area contributed by atoms with Gasteiger partial charge in [-0.2, -0.15) is 0 Å². The molecule has 0 radical (unpaired) electrons. The summed E-state index contributed by atoms with van der Waals surface area (Å²) in [4.78, 5) is 12.9. The normalized spacial score (nSPS) is 57.9. The minimum Gasteiger partial charge on any atom is -0.393 e. The van der Waals surface area contributed by atoms with Gasteiger partial charge in [-0.25, -0.2) is 0 Å². The summed E-state index contributed by atoms with van der Waals surface area (Å²) < 4.78 is 0. The van der Waals surface area contributed by atoms with Gasteiger partial charge in [0, 0.05) is 16.7 Å². The van der Waals surface area contributed by atoms with Gasteiger partial charge in [-0.15, -0.1) is 0 Å². The zero-order valence-electron chi connectivity index (χ0n) is 13.9. The number of Topliss-reactive ketones (excluding diaryl/α,β-unsaturated/α-hetero) is 1. The maximum atomic E-state index is 12.4. The molecule has 124 valence electrons. The van der Waals surface area contributed by atoms with Crippen molar-refractivity contribution in [1.82, 2.24) is 0 Å². The number of alkyl halides is 1. The van der Waals surface area contributed by atoms with Crippen LogP contribution >= 0.6 is 15.9 Å². The van der Waals surface area contributed by atoms with Crippen LogP contribution in [-0.4, -0.2) is 21.8 Å². The molecule has 4 aliphatic rings. The Hall–Kier alpha value is 0.110. The molecule has 0 bridgehead atoms. The number of hydrogen-bond donors (Lipinski definition) is 1. The number of ketones is 1. The van der Waals surface area contributed by atoms with Crippen molar-refractivity contribution in [3.05, 3.63) is 0 Å². The van der Waals surface area contributed by atoms with E-state index in [0.717, 1.165) is 43.9 Å². The minimum atomic E-state index is -0.124. The summed E-state index contributed by atoms with van der Waals surface area (Å²) >= 11 is 3.96. The van der Waals surface area contributed by atoms with Crippen LogP contribution in [0.2, 0.25) is 0 Å². The van der Waals surface area contributed by atoms with Gasteiger partial charge >= 0.3 is 0 Å². The average Bonchev–Trinajstić information content (AvgIpc) is 2.77. The Morgan fingerprint density at radius 3 is 2.64 bits per heavy atom. The second kappa shape index (κ2) is 5.05. The van der Waals surface area contributed by atoms with Crippen molar-refractivity contribution in [1.29, 1.82) is 0 Å². The third kappa shape index (κ3) is 1.90. The van der Waals surface area contributed by atoms with Gasteiger partial charge in [0.2, 0.25) is 0 Å². The van der Waals surface area contributed by atoms with Crippen molar-refractivity contribution in [3.8, 4) is 0 Å². The van der Waals surface area contributed by atoms with E-state index in [-0.39, 0.29) is 11.5 Å². The van der Waals surface area contributed by atoms with E-state index in [9.17, 15) is 9.90 Å². The van der Waals surface area contributed by atoms with Crippen molar-refractivity contribution in [2.24, 2.45) is 34.5 Å². The van der Waals surface area contributed by atoms with Gasteiger partial charge in [0.25, 0.3) is 0 Å². The van der Waals surface area contributed by atoms with Crippen LogP contribution in [0.15, 0.2) is 0 Å². The molecule has 8 atom stereocenters. The topological polar surface area (TPSA) is 37.3 Å². The molecule has 2 nitrogen and oxygen atoms in total. The molecule has 0 heterocycles. The molecule has 22 heavy (non-hydrogen) atoms. The lowest BCUT2D eigenvalue weighted by Crippen LogP contribution is -2.57. The summed E-state index contributed by atoms with van der Waals surface area (Å²) in [5, 5.41) is 10.2. The predicted octanol–water partition coefficient (Wildman–Crippen LogP) is 4.33. The molecule has 0 aliphatic heterocycles. The number of halogens is 1. The van der Waals surface area contributed by atoms with Gasteiger partial charge in [0.15, 0.2) is 0 Å². The van der Waals surface area contributed by atoms with Gasteiger partial charge in [-0.3, -0.25) is 4.79 Å². The lowest BCUT2D eigenvalue weighted by Gasteiger charge is -2.61. The molecule has 4 fully saturated rings. The third-order valence-electron chi connectivity index (χ3n) is 8.38. The number of carbonyl (C=O) groups excluding carboxylic acids is 1. The van der Waals surface area contributed by atoms with E-state index in [1.165, 1.54) is 19.3 Å². The first-order valence-corrected chi connectivity index (χ1v) is 10.1. The smallest absolute Gasteiger partial charge is 0.139 e. The SMILES string of the molecule is C[C@]12C(Br)C[C@H](O)C[C@@H]1CC[C@@H]1[C@@H]2CC[C@]2(C)C(=O)CC[C@@H]12. The number of aliphatic hydroxyl groups is 1. The number of rotatable bonds is 0. The van der Waals surface area contributed by atoms with Gasteiger partial charge in [0.05, 0.1) is 6.10 Å². The molecule has 0 aromatic rings. The largest absolute Gasteiger partial charge is 0.393 e. The van der Waals surface area contributed by atoms with Crippen molar-refractivity contribution in [2.75, 3.05) is 0 Å².